The summed E-state index contributed by atoms with van der Waals surface area (Å²) in [5.74, 6) is -1.31. The molecule has 0 saturated heterocycles. The Morgan fingerprint density at radius 2 is 1.87 bits per heavy atom. The third-order valence-corrected chi connectivity index (χ3v) is 3.72. The van der Waals surface area contributed by atoms with Gasteiger partial charge in [0.05, 0.1) is 5.52 Å². The number of pyridine rings is 2. The lowest BCUT2D eigenvalue weighted by atomic mass is 10.0. The van der Waals surface area contributed by atoms with Crippen molar-refractivity contribution >= 4 is 28.0 Å². The van der Waals surface area contributed by atoms with E-state index in [4.69, 9.17) is 4.42 Å². The number of carboxylic acids is 1. The predicted molar refractivity (Wildman–Crippen MR) is 84.5 cm³/mol. The van der Waals surface area contributed by atoms with Gasteiger partial charge in [-0.1, -0.05) is 12.1 Å². The molecule has 2 N–H and O–H groups in total. The Morgan fingerprint density at radius 3 is 2.61 bits per heavy atom. The van der Waals surface area contributed by atoms with E-state index in [1.54, 1.807) is 18.2 Å². The van der Waals surface area contributed by atoms with Crippen LogP contribution in [0.2, 0.25) is 0 Å². The van der Waals surface area contributed by atoms with Gasteiger partial charge < -0.3 is 14.5 Å². The van der Waals surface area contributed by atoms with Crippen molar-refractivity contribution in [3.8, 4) is 11.1 Å². The van der Waals surface area contributed by atoms with E-state index in [-0.39, 0.29) is 11.1 Å². The second-order valence-corrected chi connectivity index (χ2v) is 5.05. The lowest BCUT2D eigenvalue weighted by Crippen LogP contribution is -2.19. The molecular weight excluding hydrogens is 296 g/mol. The fraction of sp³-hybridized carbons (Fsp3) is 0. The third-order valence-electron chi connectivity index (χ3n) is 3.72. The molecule has 3 aromatic heterocycles. The van der Waals surface area contributed by atoms with Gasteiger partial charge in [0.1, 0.15) is 11.1 Å². The number of carboxylic acid groups (broad SMARTS) is 1. The van der Waals surface area contributed by atoms with Crippen molar-refractivity contribution in [3.63, 3.8) is 0 Å². The molecule has 6 nitrogen and oxygen atoms in total. The van der Waals surface area contributed by atoms with Gasteiger partial charge >= 0.3 is 5.97 Å². The van der Waals surface area contributed by atoms with Gasteiger partial charge in [-0.2, -0.15) is 0 Å². The number of aromatic nitrogens is 2. The van der Waals surface area contributed by atoms with Crippen molar-refractivity contribution in [2.45, 2.75) is 0 Å². The van der Waals surface area contributed by atoms with E-state index in [1.165, 1.54) is 12.4 Å². The van der Waals surface area contributed by atoms with E-state index >= 15 is 0 Å². The Balaban J connectivity index is 2.26. The zero-order valence-electron chi connectivity index (χ0n) is 11.7. The molecule has 1 aromatic carbocycles. The van der Waals surface area contributed by atoms with Crippen molar-refractivity contribution in [2.75, 3.05) is 0 Å². The van der Waals surface area contributed by atoms with E-state index in [1.807, 2.05) is 18.2 Å². The lowest BCUT2D eigenvalue weighted by Gasteiger charge is -2.06. The highest BCUT2D eigenvalue weighted by atomic mass is 16.4. The lowest BCUT2D eigenvalue weighted by molar-refractivity contribution is 0.0696. The Kier molecular flexibility index (Phi) is 2.77. The Morgan fingerprint density at radius 1 is 1.13 bits per heavy atom. The number of aromatic amines is 1. The van der Waals surface area contributed by atoms with Gasteiger partial charge in [-0.05, 0) is 29.8 Å². The van der Waals surface area contributed by atoms with Crippen LogP contribution in [0.3, 0.4) is 0 Å². The van der Waals surface area contributed by atoms with Gasteiger partial charge in [-0.3, -0.25) is 9.78 Å². The Labute approximate surface area is 129 Å². The molecule has 0 aliphatic heterocycles. The largest absolute Gasteiger partial charge is 0.477 e. The molecule has 4 rings (SSSR count). The molecule has 0 bridgehead atoms. The average molecular weight is 306 g/mol. The highest BCUT2D eigenvalue weighted by Crippen LogP contribution is 2.35. The van der Waals surface area contributed by atoms with Gasteiger partial charge in [-0.25, -0.2) is 4.79 Å². The van der Waals surface area contributed by atoms with Crippen LogP contribution in [0.1, 0.15) is 10.4 Å². The maximum atomic E-state index is 12.3. The first-order valence-electron chi connectivity index (χ1n) is 6.88. The van der Waals surface area contributed by atoms with Gasteiger partial charge in [-0.15, -0.1) is 0 Å². The molecule has 0 atom stereocenters. The van der Waals surface area contributed by atoms with Gasteiger partial charge in [0.25, 0.3) is 5.56 Å². The van der Waals surface area contributed by atoms with E-state index < -0.39 is 11.5 Å². The summed E-state index contributed by atoms with van der Waals surface area (Å²) in [6, 6.07) is 10.5. The van der Waals surface area contributed by atoms with Crippen molar-refractivity contribution in [3.05, 3.63) is 64.7 Å². The van der Waals surface area contributed by atoms with Crippen molar-refractivity contribution in [1.82, 2.24) is 9.97 Å². The number of carbonyl (C=O) groups is 1. The van der Waals surface area contributed by atoms with E-state index in [9.17, 15) is 14.7 Å². The minimum absolute atomic E-state index is 0.259. The van der Waals surface area contributed by atoms with Crippen molar-refractivity contribution in [2.24, 2.45) is 0 Å². The molecule has 0 fully saturated rings. The summed E-state index contributed by atoms with van der Waals surface area (Å²) >= 11 is 0. The highest BCUT2D eigenvalue weighted by molar-refractivity contribution is 6.11. The number of para-hydroxylation sites is 1. The number of nitrogens with one attached hydrogen (secondary N) is 1. The zero-order chi connectivity index (χ0) is 16.0. The number of nitrogens with zero attached hydrogens (tertiary/aromatic N) is 1. The molecule has 3 heterocycles. The second-order valence-electron chi connectivity index (χ2n) is 5.05. The Hall–Kier alpha value is -3.41. The smallest absolute Gasteiger partial charge is 0.342 e. The monoisotopic (exact) mass is 306 g/mol. The second kappa shape index (κ2) is 4.81. The molecule has 23 heavy (non-hydrogen) atoms. The molecule has 4 aromatic rings. The predicted octanol–water partition coefficient (Wildman–Crippen LogP) is 3.03. The molecule has 0 unspecified atom stereocenters. The normalized spacial score (nSPS) is 11.1. The summed E-state index contributed by atoms with van der Waals surface area (Å²) in [7, 11) is 0. The molecule has 0 saturated carbocycles. The van der Waals surface area contributed by atoms with Crippen LogP contribution in [0, 0.1) is 0 Å². The quantitative estimate of drug-likeness (QED) is 0.593. The van der Waals surface area contributed by atoms with Crippen LogP contribution in [-0.4, -0.2) is 21.0 Å². The Bertz CT molecular complexity index is 1110. The van der Waals surface area contributed by atoms with Gasteiger partial charge in [0.2, 0.25) is 0 Å². The number of aromatic carboxylic acids is 1. The molecule has 0 radical (unpaired) electrons. The summed E-state index contributed by atoms with van der Waals surface area (Å²) in [5.41, 5.74) is 1.22. The summed E-state index contributed by atoms with van der Waals surface area (Å²) < 4.78 is 5.83. The number of rotatable bonds is 2. The van der Waals surface area contributed by atoms with Crippen LogP contribution in [0.25, 0.3) is 33.2 Å². The van der Waals surface area contributed by atoms with Crippen molar-refractivity contribution in [1.29, 1.82) is 0 Å². The van der Waals surface area contributed by atoms with Gasteiger partial charge in [0, 0.05) is 23.3 Å². The third kappa shape index (κ3) is 1.92. The van der Waals surface area contributed by atoms with Gasteiger partial charge in [0.15, 0.2) is 5.58 Å². The first-order valence-corrected chi connectivity index (χ1v) is 6.88. The van der Waals surface area contributed by atoms with Crippen LogP contribution in [0.15, 0.2) is 58.0 Å². The maximum absolute atomic E-state index is 12.3. The number of furan rings is 1. The van der Waals surface area contributed by atoms with E-state index in [0.29, 0.717) is 22.2 Å². The number of hydrogen-bond donors (Lipinski definition) is 2. The summed E-state index contributed by atoms with van der Waals surface area (Å²) in [4.78, 5) is 30.5. The highest BCUT2D eigenvalue weighted by Gasteiger charge is 2.23. The molecule has 0 aliphatic rings. The number of hydrogen-bond acceptors (Lipinski definition) is 4. The van der Waals surface area contributed by atoms with E-state index in [2.05, 4.69) is 9.97 Å². The molecular formula is C17H10N2O4. The topological polar surface area (TPSA) is 96.2 Å². The minimum atomic E-state index is -1.31. The fourth-order valence-corrected chi connectivity index (χ4v) is 2.75. The maximum Gasteiger partial charge on any atom is 0.342 e. The standard InChI is InChI=1S/C17H10N2O4/c20-16-13(17(21)22)12(9-5-7-18-8-6-9)15-14(19-16)10-3-1-2-4-11(10)23-15/h1-8H,(H,19,20)(H,21,22). The molecule has 0 spiro atoms. The first kappa shape index (κ1) is 13.3. The van der Waals surface area contributed by atoms with Crippen LogP contribution in [0.5, 0.6) is 0 Å². The zero-order valence-corrected chi connectivity index (χ0v) is 11.7. The molecule has 0 amide bonds. The summed E-state index contributed by atoms with van der Waals surface area (Å²) in [5, 5.41) is 10.2. The van der Waals surface area contributed by atoms with Crippen LogP contribution < -0.4 is 5.56 Å². The van der Waals surface area contributed by atoms with Crippen LogP contribution in [0.4, 0.5) is 0 Å². The average Bonchev–Trinajstić information content (AvgIpc) is 2.92. The van der Waals surface area contributed by atoms with Crippen LogP contribution >= 0.6 is 0 Å². The fourth-order valence-electron chi connectivity index (χ4n) is 2.75. The SMILES string of the molecule is O=C(O)c1c(-c2ccncc2)c2oc3ccccc3c2[nH]c1=O. The van der Waals surface area contributed by atoms with Crippen molar-refractivity contribution < 1.29 is 14.3 Å². The number of benzene rings is 1. The molecule has 6 heteroatoms. The number of fused-ring (bicyclic) bond motifs is 3. The molecule has 112 valence electrons. The first-order chi connectivity index (χ1) is 11.2. The molecule has 0 aliphatic carbocycles. The number of H-pyrrole nitrogens is 1. The summed E-state index contributed by atoms with van der Waals surface area (Å²) in [6.45, 7) is 0. The summed E-state index contributed by atoms with van der Waals surface area (Å²) in [6.07, 6.45) is 3.08. The van der Waals surface area contributed by atoms with Crippen LogP contribution in [-0.2, 0) is 0 Å². The minimum Gasteiger partial charge on any atom is -0.477 e. The van der Waals surface area contributed by atoms with E-state index in [0.717, 1.165) is 5.39 Å².